The summed E-state index contributed by atoms with van der Waals surface area (Å²) >= 11 is 0. The van der Waals surface area contributed by atoms with Crippen LogP contribution < -0.4 is 5.73 Å². The lowest BCUT2D eigenvalue weighted by atomic mass is 9.83. The van der Waals surface area contributed by atoms with Crippen molar-refractivity contribution in [3.63, 3.8) is 0 Å². The highest BCUT2D eigenvalue weighted by atomic mass is 19.1. The summed E-state index contributed by atoms with van der Waals surface area (Å²) in [6.07, 6.45) is 0.899. The molecule has 1 saturated heterocycles. The zero-order valence-corrected chi connectivity index (χ0v) is 8.30. The van der Waals surface area contributed by atoms with E-state index in [0.717, 1.165) is 0 Å². The minimum Gasteiger partial charge on any atom is -0.381 e. The standard InChI is InChI=1S/C11H13F2NO/c12-8-2-1-3-9(13)10(8)11(14)4-6-15-7-5-11/h1-3H,4-7,14H2. The molecule has 2 N–H and O–H groups in total. The predicted octanol–water partition coefficient (Wildman–Crippen LogP) is 1.93. The minimum absolute atomic E-state index is 0.00620. The molecule has 15 heavy (non-hydrogen) atoms. The monoisotopic (exact) mass is 213 g/mol. The molecule has 2 nitrogen and oxygen atoms in total. The Balaban J connectivity index is 2.42. The lowest BCUT2D eigenvalue weighted by Gasteiger charge is -2.34. The molecule has 4 heteroatoms. The summed E-state index contributed by atoms with van der Waals surface area (Å²) in [5.74, 6) is -1.14. The van der Waals surface area contributed by atoms with Crippen molar-refractivity contribution < 1.29 is 13.5 Å². The zero-order chi connectivity index (χ0) is 10.9. The highest BCUT2D eigenvalue weighted by Gasteiger charge is 2.34. The van der Waals surface area contributed by atoms with E-state index >= 15 is 0 Å². The van der Waals surface area contributed by atoms with Crippen LogP contribution in [-0.4, -0.2) is 13.2 Å². The van der Waals surface area contributed by atoms with Crippen LogP contribution >= 0.6 is 0 Å². The van der Waals surface area contributed by atoms with E-state index in [1.54, 1.807) is 0 Å². The van der Waals surface area contributed by atoms with Crippen LogP contribution in [0, 0.1) is 11.6 Å². The van der Waals surface area contributed by atoms with Gasteiger partial charge in [0.25, 0.3) is 0 Å². The summed E-state index contributed by atoms with van der Waals surface area (Å²) in [6.45, 7) is 0.897. The van der Waals surface area contributed by atoms with Gasteiger partial charge in [-0.25, -0.2) is 8.78 Å². The first-order valence-corrected chi connectivity index (χ1v) is 4.95. The molecular weight excluding hydrogens is 200 g/mol. The molecule has 0 aliphatic carbocycles. The van der Waals surface area contributed by atoms with Crippen molar-refractivity contribution in [2.24, 2.45) is 5.73 Å². The van der Waals surface area contributed by atoms with E-state index in [4.69, 9.17) is 10.5 Å². The second-order valence-corrected chi connectivity index (χ2v) is 3.87. The van der Waals surface area contributed by atoms with E-state index in [2.05, 4.69) is 0 Å². The molecule has 2 rings (SSSR count). The molecule has 1 fully saturated rings. The number of hydrogen-bond donors (Lipinski definition) is 1. The molecule has 0 bridgehead atoms. The number of ether oxygens (including phenoxy) is 1. The van der Waals surface area contributed by atoms with Crippen molar-refractivity contribution in [2.45, 2.75) is 18.4 Å². The average Bonchev–Trinajstić information content (AvgIpc) is 2.18. The van der Waals surface area contributed by atoms with Crippen molar-refractivity contribution in [1.29, 1.82) is 0 Å². The van der Waals surface area contributed by atoms with Crippen LogP contribution in [0.2, 0.25) is 0 Å². The van der Waals surface area contributed by atoms with Gasteiger partial charge in [0.05, 0.1) is 5.54 Å². The van der Waals surface area contributed by atoms with E-state index in [1.807, 2.05) is 0 Å². The molecule has 0 spiro atoms. The highest BCUT2D eigenvalue weighted by molar-refractivity contribution is 5.28. The van der Waals surface area contributed by atoms with Crippen molar-refractivity contribution in [1.82, 2.24) is 0 Å². The first kappa shape index (κ1) is 10.5. The smallest absolute Gasteiger partial charge is 0.131 e. The maximum Gasteiger partial charge on any atom is 0.131 e. The molecule has 1 heterocycles. The van der Waals surface area contributed by atoms with Crippen LogP contribution in [-0.2, 0) is 10.3 Å². The Hall–Kier alpha value is -1.00. The summed E-state index contributed by atoms with van der Waals surface area (Å²) in [5, 5.41) is 0. The van der Waals surface area contributed by atoms with Gasteiger partial charge in [-0.05, 0) is 25.0 Å². The van der Waals surface area contributed by atoms with Crippen LogP contribution in [0.1, 0.15) is 18.4 Å². The van der Waals surface area contributed by atoms with Gasteiger partial charge < -0.3 is 10.5 Å². The number of rotatable bonds is 1. The molecule has 0 saturated carbocycles. The van der Waals surface area contributed by atoms with Crippen LogP contribution in [0.15, 0.2) is 18.2 Å². The zero-order valence-electron chi connectivity index (χ0n) is 8.30. The fourth-order valence-corrected chi connectivity index (χ4v) is 1.96. The highest BCUT2D eigenvalue weighted by Crippen LogP contribution is 2.32. The van der Waals surface area contributed by atoms with Gasteiger partial charge >= 0.3 is 0 Å². The van der Waals surface area contributed by atoms with Crippen molar-refractivity contribution in [3.8, 4) is 0 Å². The van der Waals surface area contributed by atoms with Crippen molar-refractivity contribution >= 4 is 0 Å². The van der Waals surface area contributed by atoms with Gasteiger partial charge in [-0.2, -0.15) is 0 Å². The number of hydrogen-bond acceptors (Lipinski definition) is 2. The third-order valence-electron chi connectivity index (χ3n) is 2.85. The van der Waals surface area contributed by atoms with Crippen LogP contribution in [0.3, 0.4) is 0 Å². The first-order valence-electron chi connectivity index (χ1n) is 4.95. The summed E-state index contributed by atoms with van der Waals surface area (Å²) in [7, 11) is 0. The molecule has 0 radical (unpaired) electrons. The summed E-state index contributed by atoms with van der Waals surface area (Å²) in [6, 6.07) is 3.82. The first-order chi connectivity index (χ1) is 7.13. The molecule has 82 valence electrons. The lowest BCUT2D eigenvalue weighted by molar-refractivity contribution is 0.0497. The second kappa shape index (κ2) is 3.87. The van der Waals surface area contributed by atoms with Gasteiger partial charge in [-0.3, -0.25) is 0 Å². The number of halogens is 2. The molecule has 0 unspecified atom stereocenters. The Labute approximate surface area is 87.0 Å². The Morgan fingerprint density at radius 2 is 1.67 bits per heavy atom. The average molecular weight is 213 g/mol. The summed E-state index contributed by atoms with van der Waals surface area (Å²) in [4.78, 5) is 0. The molecule has 1 aliphatic rings. The van der Waals surface area contributed by atoms with Crippen LogP contribution in [0.4, 0.5) is 8.78 Å². The fraction of sp³-hybridized carbons (Fsp3) is 0.455. The Morgan fingerprint density at radius 1 is 1.13 bits per heavy atom. The fourth-order valence-electron chi connectivity index (χ4n) is 1.96. The molecular formula is C11H13F2NO. The molecule has 1 aromatic rings. The lowest BCUT2D eigenvalue weighted by Crippen LogP contribution is -2.43. The van der Waals surface area contributed by atoms with Gasteiger partial charge in [0.1, 0.15) is 11.6 Å². The molecule has 1 aromatic carbocycles. The van der Waals surface area contributed by atoms with E-state index in [9.17, 15) is 8.78 Å². The maximum absolute atomic E-state index is 13.5. The topological polar surface area (TPSA) is 35.2 Å². The van der Waals surface area contributed by atoms with Crippen molar-refractivity contribution in [3.05, 3.63) is 35.4 Å². The Morgan fingerprint density at radius 3 is 2.20 bits per heavy atom. The van der Waals surface area contributed by atoms with E-state index < -0.39 is 17.2 Å². The molecule has 0 aromatic heterocycles. The second-order valence-electron chi connectivity index (χ2n) is 3.87. The van der Waals surface area contributed by atoms with Gasteiger partial charge in [0.2, 0.25) is 0 Å². The largest absolute Gasteiger partial charge is 0.381 e. The predicted molar refractivity (Wildman–Crippen MR) is 52.3 cm³/mol. The third-order valence-corrected chi connectivity index (χ3v) is 2.85. The SMILES string of the molecule is NC1(c2c(F)cccc2F)CCOCC1. The van der Waals surface area contributed by atoms with Crippen LogP contribution in [0.25, 0.3) is 0 Å². The van der Waals surface area contributed by atoms with Crippen molar-refractivity contribution in [2.75, 3.05) is 13.2 Å². The van der Waals surface area contributed by atoms with E-state index in [-0.39, 0.29) is 5.56 Å². The van der Waals surface area contributed by atoms with E-state index in [0.29, 0.717) is 26.1 Å². The van der Waals surface area contributed by atoms with Gasteiger partial charge in [0, 0.05) is 18.8 Å². The number of benzene rings is 1. The molecule has 1 aliphatic heterocycles. The molecule has 0 atom stereocenters. The minimum atomic E-state index is -0.923. The maximum atomic E-state index is 13.5. The Kier molecular flexibility index (Phi) is 2.71. The Bertz CT molecular complexity index is 341. The molecule has 0 amide bonds. The quantitative estimate of drug-likeness (QED) is 0.773. The van der Waals surface area contributed by atoms with Crippen LogP contribution in [0.5, 0.6) is 0 Å². The third kappa shape index (κ3) is 1.87. The summed E-state index contributed by atoms with van der Waals surface area (Å²) in [5.41, 5.74) is 5.09. The summed E-state index contributed by atoms with van der Waals surface area (Å²) < 4.78 is 32.2. The number of nitrogens with two attached hydrogens (primary N) is 1. The van der Waals surface area contributed by atoms with Gasteiger partial charge in [0.15, 0.2) is 0 Å². The van der Waals surface area contributed by atoms with E-state index in [1.165, 1.54) is 18.2 Å². The van der Waals surface area contributed by atoms with Gasteiger partial charge in [-0.1, -0.05) is 6.07 Å². The van der Waals surface area contributed by atoms with Gasteiger partial charge in [-0.15, -0.1) is 0 Å². The normalized spacial score (nSPS) is 20.2.